The standard InChI is InChI=1S/C23H28N10O.2ClH/c1-14(2)31-13-20(27-29-31)16(4)34-21-9-17(12-32-23(21)18(10-24)11-26-32)22-15(3)33(30-28-22)19-5-7-25-8-6-19;;/h9,11-14,16,19,25H,5-8H2,1-4H3;2*1H. The number of fused-ring (bicyclic) bond motifs is 1. The van der Waals surface area contributed by atoms with Gasteiger partial charge in [-0.15, -0.1) is 35.0 Å². The lowest BCUT2D eigenvalue weighted by Crippen LogP contribution is -2.30. The van der Waals surface area contributed by atoms with Crippen LogP contribution in [0.1, 0.15) is 68.8 Å². The zero-order valence-electron chi connectivity index (χ0n) is 20.6. The average molecular weight is 533 g/mol. The first-order valence-electron chi connectivity index (χ1n) is 11.6. The van der Waals surface area contributed by atoms with Crippen molar-refractivity contribution in [3.63, 3.8) is 0 Å². The number of nitrogens with one attached hydrogen (secondary N) is 1. The third kappa shape index (κ3) is 5.02. The smallest absolute Gasteiger partial charge is 0.148 e. The maximum Gasteiger partial charge on any atom is 0.148 e. The van der Waals surface area contributed by atoms with Gasteiger partial charge in [0.2, 0.25) is 0 Å². The molecule has 1 saturated heterocycles. The fourth-order valence-corrected chi connectivity index (χ4v) is 4.37. The molecule has 0 bridgehead atoms. The maximum atomic E-state index is 9.63. The van der Waals surface area contributed by atoms with E-state index in [0.29, 0.717) is 28.6 Å². The van der Waals surface area contributed by atoms with E-state index in [1.165, 1.54) is 0 Å². The summed E-state index contributed by atoms with van der Waals surface area (Å²) in [6.07, 6.45) is 6.97. The summed E-state index contributed by atoms with van der Waals surface area (Å²) in [5.74, 6) is 0.536. The van der Waals surface area contributed by atoms with Crippen molar-refractivity contribution in [3.8, 4) is 23.1 Å². The minimum absolute atomic E-state index is 0. The summed E-state index contributed by atoms with van der Waals surface area (Å²) in [6.45, 7) is 10.0. The summed E-state index contributed by atoms with van der Waals surface area (Å²) in [5.41, 5.74) is 4.36. The van der Waals surface area contributed by atoms with Crippen LogP contribution in [-0.2, 0) is 0 Å². The van der Waals surface area contributed by atoms with Gasteiger partial charge in [0.15, 0.2) is 0 Å². The molecule has 1 N–H and O–H groups in total. The molecule has 36 heavy (non-hydrogen) atoms. The summed E-state index contributed by atoms with van der Waals surface area (Å²) in [4.78, 5) is 0. The van der Waals surface area contributed by atoms with Crippen molar-refractivity contribution in [2.45, 2.75) is 58.7 Å². The third-order valence-corrected chi connectivity index (χ3v) is 6.33. The van der Waals surface area contributed by atoms with Gasteiger partial charge in [-0.05, 0) is 59.7 Å². The Hall–Kier alpha value is -3.20. The van der Waals surface area contributed by atoms with E-state index in [-0.39, 0.29) is 37.0 Å². The SMILES string of the molecule is Cc1c(-c2cc(OC(C)c3cn(C(C)C)nn3)c3c(C#N)cnn3c2)nnn1C1CCNCC1.Cl.Cl. The second-order valence-corrected chi connectivity index (χ2v) is 8.98. The summed E-state index contributed by atoms with van der Waals surface area (Å²) in [5, 5.41) is 34.8. The number of ether oxygens (including phenoxy) is 1. The molecular weight excluding hydrogens is 503 g/mol. The topological polar surface area (TPSA) is 124 Å². The Labute approximate surface area is 221 Å². The van der Waals surface area contributed by atoms with Gasteiger partial charge in [-0.2, -0.15) is 10.4 Å². The molecule has 0 saturated carbocycles. The van der Waals surface area contributed by atoms with Crippen LogP contribution in [0.2, 0.25) is 0 Å². The van der Waals surface area contributed by atoms with Crippen molar-refractivity contribution in [2.75, 3.05) is 13.1 Å². The van der Waals surface area contributed by atoms with Gasteiger partial charge < -0.3 is 10.1 Å². The molecular formula is C23H30Cl2N10O. The summed E-state index contributed by atoms with van der Waals surface area (Å²) in [6, 6.07) is 4.65. The summed E-state index contributed by atoms with van der Waals surface area (Å²) >= 11 is 0. The second-order valence-electron chi connectivity index (χ2n) is 8.98. The fourth-order valence-electron chi connectivity index (χ4n) is 4.37. The van der Waals surface area contributed by atoms with Crippen LogP contribution in [0.4, 0.5) is 0 Å². The van der Waals surface area contributed by atoms with Crippen molar-refractivity contribution in [2.24, 2.45) is 0 Å². The van der Waals surface area contributed by atoms with Gasteiger partial charge >= 0.3 is 0 Å². The Balaban J connectivity index is 0.00000180. The first-order valence-corrected chi connectivity index (χ1v) is 11.6. The third-order valence-electron chi connectivity index (χ3n) is 6.33. The minimum atomic E-state index is -0.375. The molecule has 11 nitrogen and oxygen atoms in total. The number of pyridine rings is 1. The van der Waals surface area contributed by atoms with Crippen LogP contribution in [0.15, 0.2) is 24.7 Å². The van der Waals surface area contributed by atoms with Gasteiger partial charge in [-0.1, -0.05) is 10.4 Å². The molecule has 1 atom stereocenters. The van der Waals surface area contributed by atoms with Gasteiger partial charge in [-0.25, -0.2) is 13.9 Å². The van der Waals surface area contributed by atoms with Crippen LogP contribution < -0.4 is 10.1 Å². The van der Waals surface area contributed by atoms with E-state index >= 15 is 0 Å². The zero-order chi connectivity index (χ0) is 23.8. The molecule has 0 aromatic carbocycles. The van der Waals surface area contributed by atoms with Gasteiger partial charge in [0, 0.05) is 17.8 Å². The van der Waals surface area contributed by atoms with E-state index in [9.17, 15) is 5.26 Å². The predicted molar refractivity (Wildman–Crippen MR) is 139 cm³/mol. The first-order chi connectivity index (χ1) is 16.5. The van der Waals surface area contributed by atoms with E-state index in [1.54, 1.807) is 15.4 Å². The summed E-state index contributed by atoms with van der Waals surface area (Å²) < 4.78 is 11.8. The molecule has 4 aromatic heterocycles. The number of aromatic nitrogens is 8. The lowest BCUT2D eigenvalue weighted by atomic mass is 10.1. The molecule has 1 aliphatic rings. The highest BCUT2D eigenvalue weighted by molar-refractivity contribution is 5.85. The molecule has 0 aliphatic carbocycles. The molecule has 0 amide bonds. The largest absolute Gasteiger partial charge is 0.482 e. The number of piperidine rings is 1. The molecule has 5 heterocycles. The quantitative estimate of drug-likeness (QED) is 0.397. The highest BCUT2D eigenvalue weighted by Gasteiger charge is 2.23. The Morgan fingerprint density at radius 2 is 1.86 bits per heavy atom. The lowest BCUT2D eigenvalue weighted by Gasteiger charge is -2.23. The molecule has 13 heteroatoms. The van der Waals surface area contributed by atoms with E-state index in [4.69, 9.17) is 4.74 Å². The van der Waals surface area contributed by atoms with Crippen LogP contribution in [-0.4, -0.2) is 52.7 Å². The number of rotatable bonds is 6. The van der Waals surface area contributed by atoms with E-state index in [1.807, 2.05) is 50.8 Å². The van der Waals surface area contributed by atoms with Crippen molar-refractivity contribution in [1.29, 1.82) is 5.26 Å². The molecule has 0 radical (unpaired) electrons. The molecule has 0 spiro atoms. The van der Waals surface area contributed by atoms with Gasteiger partial charge in [0.05, 0.1) is 24.1 Å². The van der Waals surface area contributed by atoms with Crippen LogP contribution in [0.3, 0.4) is 0 Å². The average Bonchev–Trinajstić information content (AvgIpc) is 3.57. The Bertz CT molecular complexity index is 1360. The molecule has 4 aromatic rings. The fraction of sp³-hybridized carbons (Fsp3) is 0.478. The summed E-state index contributed by atoms with van der Waals surface area (Å²) in [7, 11) is 0. The second kappa shape index (κ2) is 11.2. The van der Waals surface area contributed by atoms with Crippen LogP contribution in [0, 0.1) is 18.3 Å². The monoisotopic (exact) mass is 532 g/mol. The van der Waals surface area contributed by atoms with Crippen molar-refractivity contribution >= 4 is 30.3 Å². The highest BCUT2D eigenvalue weighted by atomic mass is 35.5. The predicted octanol–water partition coefficient (Wildman–Crippen LogP) is 3.85. The highest BCUT2D eigenvalue weighted by Crippen LogP contribution is 2.34. The van der Waals surface area contributed by atoms with E-state index in [0.717, 1.165) is 42.9 Å². The zero-order valence-corrected chi connectivity index (χ0v) is 22.3. The maximum absolute atomic E-state index is 9.63. The van der Waals surface area contributed by atoms with Gasteiger partial charge in [0.25, 0.3) is 0 Å². The van der Waals surface area contributed by atoms with Gasteiger partial charge in [-0.3, -0.25) is 0 Å². The number of hydrogen-bond donors (Lipinski definition) is 1. The van der Waals surface area contributed by atoms with Crippen molar-refractivity contribution in [1.82, 2.24) is 44.9 Å². The molecule has 5 rings (SSSR count). The Kier molecular flexibility index (Phi) is 8.55. The van der Waals surface area contributed by atoms with Gasteiger partial charge in [0.1, 0.15) is 40.4 Å². The molecule has 192 valence electrons. The van der Waals surface area contributed by atoms with E-state index < -0.39 is 0 Å². The van der Waals surface area contributed by atoms with Crippen molar-refractivity contribution < 1.29 is 4.74 Å². The molecule has 1 aliphatic heterocycles. The number of nitriles is 1. The van der Waals surface area contributed by atoms with Crippen molar-refractivity contribution in [3.05, 3.63) is 41.6 Å². The minimum Gasteiger partial charge on any atom is -0.482 e. The van der Waals surface area contributed by atoms with Crippen LogP contribution in [0.25, 0.3) is 16.8 Å². The lowest BCUT2D eigenvalue weighted by molar-refractivity contribution is 0.224. The Morgan fingerprint density at radius 3 is 2.53 bits per heavy atom. The number of hydrogen-bond acceptors (Lipinski definition) is 8. The first kappa shape index (κ1) is 27.4. The number of halogens is 2. The molecule has 1 fully saturated rings. The molecule has 1 unspecified atom stereocenters. The normalized spacial score (nSPS) is 14.8. The van der Waals surface area contributed by atoms with Crippen LogP contribution >= 0.6 is 24.8 Å². The Morgan fingerprint density at radius 1 is 1.11 bits per heavy atom. The van der Waals surface area contributed by atoms with Crippen LogP contribution in [0.5, 0.6) is 5.75 Å². The number of nitrogens with zero attached hydrogens (tertiary/aromatic N) is 9. The van der Waals surface area contributed by atoms with E-state index in [2.05, 4.69) is 37.1 Å².